The van der Waals surface area contributed by atoms with E-state index >= 15 is 0 Å². The Morgan fingerprint density at radius 1 is 1.38 bits per heavy atom. The van der Waals surface area contributed by atoms with Crippen molar-refractivity contribution in [1.82, 2.24) is 5.32 Å². The molecule has 1 heterocycles. The lowest BCUT2D eigenvalue weighted by atomic mass is 9.92. The molecule has 1 aromatic carbocycles. The highest BCUT2D eigenvalue weighted by Crippen LogP contribution is 2.35. The molecule has 0 aliphatic carbocycles. The summed E-state index contributed by atoms with van der Waals surface area (Å²) >= 11 is 0. The van der Waals surface area contributed by atoms with E-state index < -0.39 is 5.54 Å². The molecule has 2 N–H and O–H groups in total. The highest BCUT2D eigenvalue weighted by molar-refractivity contribution is 5.46. The Bertz CT molecular complexity index is 381. The zero-order valence-electron chi connectivity index (χ0n) is 9.62. The van der Waals surface area contributed by atoms with Gasteiger partial charge in [-0.25, -0.2) is 0 Å². The summed E-state index contributed by atoms with van der Waals surface area (Å²) in [5, 5.41) is 12.8. The van der Waals surface area contributed by atoms with Gasteiger partial charge in [0.25, 0.3) is 0 Å². The van der Waals surface area contributed by atoms with Crippen LogP contribution in [0.15, 0.2) is 18.2 Å². The fourth-order valence-corrected chi connectivity index (χ4v) is 1.88. The quantitative estimate of drug-likeness (QED) is 0.806. The highest BCUT2D eigenvalue weighted by atomic mass is 16.7. The maximum Gasteiger partial charge on any atom is 0.231 e. The number of fused-ring (bicyclic) bond motifs is 1. The van der Waals surface area contributed by atoms with Crippen molar-refractivity contribution in [1.29, 1.82) is 0 Å². The summed E-state index contributed by atoms with van der Waals surface area (Å²) in [6, 6.07) is 5.75. The molecule has 0 fully saturated rings. The zero-order chi connectivity index (χ0) is 11.6. The molecule has 4 heteroatoms. The Morgan fingerprint density at radius 3 is 2.81 bits per heavy atom. The van der Waals surface area contributed by atoms with Crippen molar-refractivity contribution in [2.75, 3.05) is 19.9 Å². The van der Waals surface area contributed by atoms with Gasteiger partial charge in [0, 0.05) is 0 Å². The van der Waals surface area contributed by atoms with E-state index in [0.717, 1.165) is 23.6 Å². The summed E-state index contributed by atoms with van der Waals surface area (Å²) < 4.78 is 10.6. The first-order chi connectivity index (χ1) is 7.69. The van der Waals surface area contributed by atoms with E-state index in [-0.39, 0.29) is 13.4 Å². The van der Waals surface area contributed by atoms with Crippen molar-refractivity contribution in [3.8, 4) is 11.5 Å². The summed E-state index contributed by atoms with van der Waals surface area (Å²) in [6.45, 7) is 5.09. The molecule has 0 radical (unpaired) electrons. The van der Waals surface area contributed by atoms with Crippen LogP contribution >= 0.6 is 0 Å². The smallest absolute Gasteiger partial charge is 0.231 e. The van der Waals surface area contributed by atoms with Crippen LogP contribution in [0.3, 0.4) is 0 Å². The third-order valence-electron chi connectivity index (χ3n) is 2.89. The second-order valence-corrected chi connectivity index (χ2v) is 4.09. The van der Waals surface area contributed by atoms with Crippen LogP contribution in [-0.4, -0.2) is 25.1 Å². The monoisotopic (exact) mass is 223 g/mol. The molecule has 4 nitrogen and oxygen atoms in total. The fourth-order valence-electron chi connectivity index (χ4n) is 1.88. The molecule has 1 atom stereocenters. The standard InChI is InChI=1S/C12H17NO3/c1-3-13-12(2,7-14)9-4-5-10-11(6-9)16-8-15-10/h4-6,13-14H,3,7-8H2,1-2H3. The van der Waals surface area contributed by atoms with Crippen LogP contribution in [0.5, 0.6) is 11.5 Å². The number of aliphatic hydroxyl groups is 1. The first-order valence-corrected chi connectivity index (χ1v) is 5.45. The minimum Gasteiger partial charge on any atom is -0.454 e. The average molecular weight is 223 g/mol. The van der Waals surface area contributed by atoms with E-state index in [1.807, 2.05) is 32.0 Å². The highest BCUT2D eigenvalue weighted by Gasteiger charge is 2.26. The molecular weight excluding hydrogens is 206 g/mol. The van der Waals surface area contributed by atoms with Gasteiger partial charge in [0.2, 0.25) is 6.79 Å². The number of benzene rings is 1. The van der Waals surface area contributed by atoms with E-state index in [2.05, 4.69) is 5.32 Å². The molecule has 0 saturated carbocycles. The van der Waals surface area contributed by atoms with E-state index in [1.54, 1.807) is 0 Å². The average Bonchev–Trinajstić information content (AvgIpc) is 2.76. The van der Waals surface area contributed by atoms with Crippen molar-refractivity contribution in [3.63, 3.8) is 0 Å². The summed E-state index contributed by atoms with van der Waals surface area (Å²) in [7, 11) is 0. The molecule has 0 aromatic heterocycles. The van der Waals surface area contributed by atoms with Crippen molar-refractivity contribution < 1.29 is 14.6 Å². The van der Waals surface area contributed by atoms with Gasteiger partial charge < -0.3 is 19.9 Å². The number of hydrogen-bond donors (Lipinski definition) is 2. The molecule has 88 valence electrons. The lowest BCUT2D eigenvalue weighted by molar-refractivity contribution is 0.172. The molecule has 0 saturated heterocycles. The Kier molecular flexibility index (Phi) is 3.03. The van der Waals surface area contributed by atoms with E-state index in [1.165, 1.54) is 0 Å². The lowest BCUT2D eigenvalue weighted by Gasteiger charge is -2.29. The molecule has 2 rings (SSSR count). The molecule has 1 aliphatic heterocycles. The molecule has 1 aromatic rings. The van der Waals surface area contributed by atoms with Crippen LogP contribution in [0.2, 0.25) is 0 Å². The Hall–Kier alpha value is -1.26. The Labute approximate surface area is 95.2 Å². The van der Waals surface area contributed by atoms with Crippen LogP contribution in [0.1, 0.15) is 19.4 Å². The summed E-state index contributed by atoms with van der Waals surface area (Å²) in [5.74, 6) is 1.51. The first kappa shape index (κ1) is 11.2. The van der Waals surface area contributed by atoms with Crippen LogP contribution in [0.4, 0.5) is 0 Å². The van der Waals surface area contributed by atoms with Crippen LogP contribution < -0.4 is 14.8 Å². The van der Waals surface area contributed by atoms with Gasteiger partial charge in [0.05, 0.1) is 12.1 Å². The van der Waals surface area contributed by atoms with E-state index in [9.17, 15) is 5.11 Å². The number of rotatable bonds is 4. The zero-order valence-corrected chi connectivity index (χ0v) is 9.62. The number of hydrogen-bond acceptors (Lipinski definition) is 4. The molecule has 1 unspecified atom stereocenters. The lowest BCUT2D eigenvalue weighted by Crippen LogP contribution is -2.42. The summed E-state index contributed by atoms with van der Waals surface area (Å²) in [5.41, 5.74) is 0.566. The number of likely N-dealkylation sites (N-methyl/N-ethyl adjacent to an activating group) is 1. The van der Waals surface area contributed by atoms with Gasteiger partial charge in [0.15, 0.2) is 11.5 Å². The van der Waals surface area contributed by atoms with Gasteiger partial charge in [-0.1, -0.05) is 13.0 Å². The van der Waals surface area contributed by atoms with E-state index in [0.29, 0.717) is 0 Å². The van der Waals surface area contributed by atoms with Gasteiger partial charge in [-0.15, -0.1) is 0 Å². The minimum absolute atomic E-state index is 0.0421. The molecule has 1 aliphatic rings. The van der Waals surface area contributed by atoms with Gasteiger partial charge >= 0.3 is 0 Å². The van der Waals surface area contributed by atoms with Gasteiger partial charge in [-0.3, -0.25) is 0 Å². The molecule has 16 heavy (non-hydrogen) atoms. The second kappa shape index (κ2) is 4.31. The first-order valence-electron chi connectivity index (χ1n) is 5.45. The minimum atomic E-state index is -0.435. The summed E-state index contributed by atoms with van der Waals surface area (Å²) in [6.07, 6.45) is 0. The van der Waals surface area contributed by atoms with E-state index in [4.69, 9.17) is 9.47 Å². The van der Waals surface area contributed by atoms with Crippen molar-refractivity contribution in [2.45, 2.75) is 19.4 Å². The number of aliphatic hydroxyl groups excluding tert-OH is 1. The predicted molar refractivity (Wildman–Crippen MR) is 60.7 cm³/mol. The third-order valence-corrected chi connectivity index (χ3v) is 2.89. The third kappa shape index (κ3) is 1.86. The Balaban J connectivity index is 2.32. The molecule has 0 bridgehead atoms. The summed E-state index contributed by atoms with van der Waals surface area (Å²) in [4.78, 5) is 0. The predicted octanol–water partition coefficient (Wildman–Crippen LogP) is 1.23. The van der Waals surface area contributed by atoms with Crippen LogP contribution in [0, 0.1) is 0 Å². The van der Waals surface area contributed by atoms with Crippen molar-refractivity contribution >= 4 is 0 Å². The van der Waals surface area contributed by atoms with Crippen LogP contribution in [-0.2, 0) is 5.54 Å². The maximum absolute atomic E-state index is 9.48. The molecule has 0 spiro atoms. The van der Waals surface area contributed by atoms with Crippen molar-refractivity contribution in [2.24, 2.45) is 0 Å². The second-order valence-electron chi connectivity index (χ2n) is 4.09. The molecule has 0 amide bonds. The van der Waals surface area contributed by atoms with Crippen molar-refractivity contribution in [3.05, 3.63) is 23.8 Å². The Morgan fingerprint density at radius 2 is 2.12 bits per heavy atom. The van der Waals surface area contributed by atoms with Crippen LogP contribution in [0.25, 0.3) is 0 Å². The van der Waals surface area contributed by atoms with Gasteiger partial charge in [-0.2, -0.15) is 0 Å². The topological polar surface area (TPSA) is 50.7 Å². The molecular formula is C12H17NO3. The normalized spacial score (nSPS) is 17.2. The number of ether oxygens (including phenoxy) is 2. The van der Waals surface area contributed by atoms with Gasteiger partial charge in [-0.05, 0) is 31.2 Å². The fraction of sp³-hybridized carbons (Fsp3) is 0.500. The largest absolute Gasteiger partial charge is 0.454 e. The maximum atomic E-state index is 9.48. The number of nitrogens with one attached hydrogen (secondary N) is 1. The SMILES string of the molecule is CCNC(C)(CO)c1ccc2c(c1)OCO2. The van der Waals surface area contributed by atoms with Gasteiger partial charge in [0.1, 0.15) is 0 Å².